The van der Waals surface area contributed by atoms with Crippen LogP contribution in [0.15, 0.2) is 60.9 Å². The molecule has 2 heterocycles. The fraction of sp³-hybridized carbons (Fsp3) is 0.292. The number of carbonyl (C=O) groups is 1. The Morgan fingerprint density at radius 1 is 0.935 bits per heavy atom. The molecule has 1 saturated heterocycles. The van der Waals surface area contributed by atoms with Crippen molar-refractivity contribution in [3.05, 3.63) is 66.5 Å². The van der Waals surface area contributed by atoms with Gasteiger partial charge in [0.05, 0.1) is 12.8 Å². The summed E-state index contributed by atoms with van der Waals surface area (Å²) in [7, 11) is 5.63. The number of amides is 1. The number of hydrogen-bond donors (Lipinski definition) is 0. The molecule has 2 aromatic carbocycles. The van der Waals surface area contributed by atoms with Gasteiger partial charge in [0.2, 0.25) is 0 Å². The van der Waals surface area contributed by atoms with Crippen LogP contribution >= 0.6 is 0 Å². The highest BCUT2D eigenvalue weighted by Crippen LogP contribution is 2.24. The Hall–Kier alpha value is -3.61. The van der Waals surface area contributed by atoms with Gasteiger partial charge in [-0.05, 0) is 48.5 Å². The standard InChI is InChI=1S/C24H27N5O2/c1-27(2)20-8-4-19(5-9-20)24(30)29-14-12-28(13-15-29)23-16-22(25-17-26-23)18-6-10-21(31-3)11-7-18/h4-11,16-17H,12-15H2,1-3H3. The Morgan fingerprint density at radius 2 is 1.61 bits per heavy atom. The van der Waals surface area contributed by atoms with Gasteiger partial charge in [-0.1, -0.05) is 0 Å². The first-order chi connectivity index (χ1) is 15.0. The van der Waals surface area contributed by atoms with Gasteiger partial charge in [0, 0.05) is 63.2 Å². The van der Waals surface area contributed by atoms with Crippen LogP contribution in [0.25, 0.3) is 11.3 Å². The first-order valence-electron chi connectivity index (χ1n) is 10.3. The molecule has 0 bridgehead atoms. The molecule has 0 radical (unpaired) electrons. The number of nitrogens with zero attached hydrogens (tertiary/aromatic N) is 5. The maximum atomic E-state index is 12.9. The zero-order valence-corrected chi connectivity index (χ0v) is 18.2. The minimum Gasteiger partial charge on any atom is -0.497 e. The third-order valence-corrected chi connectivity index (χ3v) is 5.56. The summed E-state index contributed by atoms with van der Waals surface area (Å²) in [4.78, 5) is 27.9. The lowest BCUT2D eigenvalue weighted by molar-refractivity contribution is 0.0746. The number of benzene rings is 2. The molecule has 7 nitrogen and oxygen atoms in total. The number of aromatic nitrogens is 2. The van der Waals surface area contributed by atoms with E-state index in [0.29, 0.717) is 13.1 Å². The molecular formula is C24H27N5O2. The normalized spacial score (nSPS) is 13.8. The van der Waals surface area contributed by atoms with Crippen LogP contribution in [0.1, 0.15) is 10.4 Å². The highest BCUT2D eigenvalue weighted by molar-refractivity contribution is 5.94. The van der Waals surface area contributed by atoms with E-state index in [9.17, 15) is 4.79 Å². The van der Waals surface area contributed by atoms with Gasteiger partial charge in [0.25, 0.3) is 5.91 Å². The van der Waals surface area contributed by atoms with Crippen molar-refractivity contribution in [2.24, 2.45) is 0 Å². The number of rotatable bonds is 5. The van der Waals surface area contributed by atoms with Gasteiger partial charge < -0.3 is 19.4 Å². The number of methoxy groups -OCH3 is 1. The number of piperazine rings is 1. The Labute approximate surface area is 182 Å². The van der Waals surface area contributed by atoms with Gasteiger partial charge in [0.1, 0.15) is 17.9 Å². The smallest absolute Gasteiger partial charge is 0.253 e. The first-order valence-corrected chi connectivity index (χ1v) is 10.3. The minimum absolute atomic E-state index is 0.0755. The lowest BCUT2D eigenvalue weighted by atomic mass is 10.1. The highest BCUT2D eigenvalue weighted by atomic mass is 16.5. The Kier molecular flexibility index (Phi) is 6.02. The molecule has 0 N–H and O–H groups in total. The summed E-state index contributed by atoms with van der Waals surface area (Å²) in [6.07, 6.45) is 1.60. The molecule has 1 fully saturated rings. The van der Waals surface area contributed by atoms with Crippen LogP contribution in [-0.2, 0) is 0 Å². The van der Waals surface area contributed by atoms with Crippen molar-refractivity contribution >= 4 is 17.4 Å². The van der Waals surface area contributed by atoms with Crippen molar-refractivity contribution in [1.29, 1.82) is 0 Å². The lowest BCUT2D eigenvalue weighted by Crippen LogP contribution is -2.49. The van der Waals surface area contributed by atoms with Crippen LogP contribution in [0.4, 0.5) is 11.5 Å². The predicted octanol–water partition coefficient (Wildman–Crippen LogP) is 3.18. The van der Waals surface area contributed by atoms with Gasteiger partial charge in [-0.3, -0.25) is 4.79 Å². The second kappa shape index (κ2) is 9.04. The molecule has 3 aromatic rings. The van der Waals surface area contributed by atoms with Crippen molar-refractivity contribution < 1.29 is 9.53 Å². The maximum absolute atomic E-state index is 12.9. The zero-order valence-electron chi connectivity index (χ0n) is 18.2. The summed E-state index contributed by atoms with van der Waals surface area (Å²) in [6, 6.07) is 17.6. The van der Waals surface area contributed by atoms with Crippen molar-refractivity contribution in [2.45, 2.75) is 0 Å². The number of ether oxygens (including phenoxy) is 1. The van der Waals surface area contributed by atoms with Gasteiger partial charge in [-0.15, -0.1) is 0 Å². The SMILES string of the molecule is COc1ccc(-c2cc(N3CCN(C(=O)c4ccc(N(C)C)cc4)CC3)ncn2)cc1. The van der Waals surface area contributed by atoms with Gasteiger partial charge in [0.15, 0.2) is 0 Å². The van der Waals surface area contributed by atoms with Crippen LogP contribution in [0.3, 0.4) is 0 Å². The summed E-state index contributed by atoms with van der Waals surface area (Å²) < 4.78 is 5.23. The summed E-state index contributed by atoms with van der Waals surface area (Å²) >= 11 is 0. The Balaban J connectivity index is 1.41. The van der Waals surface area contributed by atoms with Gasteiger partial charge in [-0.2, -0.15) is 0 Å². The number of carbonyl (C=O) groups excluding carboxylic acids is 1. The molecule has 0 atom stereocenters. The molecular weight excluding hydrogens is 390 g/mol. The van der Waals surface area contributed by atoms with E-state index in [-0.39, 0.29) is 5.91 Å². The quantitative estimate of drug-likeness (QED) is 0.636. The first kappa shape index (κ1) is 20.7. The molecule has 0 aliphatic carbocycles. The Bertz CT molecular complexity index is 1030. The van der Waals surface area contributed by atoms with E-state index in [4.69, 9.17) is 4.74 Å². The monoisotopic (exact) mass is 417 g/mol. The third kappa shape index (κ3) is 4.60. The Morgan fingerprint density at radius 3 is 2.23 bits per heavy atom. The van der Waals surface area contributed by atoms with Gasteiger partial charge >= 0.3 is 0 Å². The largest absolute Gasteiger partial charge is 0.497 e. The highest BCUT2D eigenvalue weighted by Gasteiger charge is 2.23. The van der Waals surface area contributed by atoms with Crippen LogP contribution < -0.4 is 14.5 Å². The number of hydrogen-bond acceptors (Lipinski definition) is 6. The van der Waals surface area contributed by atoms with E-state index in [1.807, 2.05) is 78.5 Å². The third-order valence-electron chi connectivity index (χ3n) is 5.56. The van der Waals surface area contributed by atoms with Crippen LogP contribution in [0, 0.1) is 0 Å². The van der Waals surface area contributed by atoms with E-state index in [1.54, 1.807) is 13.4 Å². The van der Waals surface area contributed by atoms with Crippen molar-refractivity contribution in [2.75, 3.05) is 57.2 Å². The van der Waals surface area contributed by atoms with E-state index < -0.39 is 0 Å². The zero-order chi connectivity index (χ0) is 21.8. The molecule has 1 aliphatic rings. The minimum atomic E-state index is 0.0755. The lowest BCUT2D eigenvalue weighted by Gasteiger charge is -2.35. The average Bonchev–Trinajstić information content (AvgIpc) is 2.84. The second-order valence-electron chi connectivity index (χ2n) is 7.71. The van der Waals surface area contributed by atoms with Crippen molar-refractivity contribution in [3.63, 3.8) is 0 Å². The summed E-state index contributed by atoms with van der Waals surface area (Å²) in [5.41, 5.74) is 3.69. The summed E-state index contributed by atoms with van der Waals surface area (Å²) in [6.45, 7) is 2.80. The van der Waals surface area contributed by atoms with E-state index in [1.165, 1.54) is 0 Å². The van der Waals surface area contributed by atoms with Crippen LogP contribution in [-0.4, -0.2) is 68.2 Å². The fourth-order valence-corrected chi connectivity index (χ4v) is 3.66. The van der Waals surface area contributed by atoms with Crippen molar-refractivity contribution in [1.82, 2.24) is 14.9 Å². The molecule has 31 heavy (non-hydrogen) atoms. The molecule has 0 unspecified atom stereocenters. The molecule has 7 heteroatoms. The average molecular weight is 418 g/mol. The molecule has 1 aliphatic heterocycles. The van der Waals surface area contributed by atoms with Crippen molar-refractivity contribution in [3.8, 4) is 17.0 Å². The summed E-state index contributed by atoms with van der Waals surface area (Å²) in [5.74, 6) is 1.77. The van der Waals surface area contributed by atoms with E-state index >= 15 is 0 Å². The van der Waals surface area contributed by atoms with E-state index in [2.05, 4.69) is 14.9 Å². The molecule has 1 aromatic heterocycles. The van der Waals surface area contributed by atoms with Crippen LogP contribution in [0.5, 0.6) is 5.75 Å². The predicted molar refractivity (Wildman–Crippen MR) is 123 cm³/mol. The molecule has 4 rings (SSSR count). The van der Waals surface area contributed by atoms with Crippen LogP contribution in [0.2, 0.25) is 0 Å². The van der Waals surface area contributed by atoms with E-state index in [0.717, 1.165) is 47.2 Å². The van der Waals surface area contributed by atoms with Gasteiger partial charge in [-0.25, -0.2) is 9.97 Å². The topological polar surface area (TPSA) is 61.8 Å². The summed E-state index contributed by atoms with van der Waals surface area (Å²) in [5, 5.41) is 0. The molecule has 0 saturated carbocycles. The second-order valence-corrected chi connectivity index (χ2v) is 7.71. The maximum Gasteiger partial charge on any atom is 0.253 e. The molecule has 0 spiro atoms. The fourth-order valence-electron chi connectivity index (χ4n) is 3.66. The molecule has 1 amide bonds. The number of anilines is 2. The molecule has 160 valence electrons.